The highest BCUT2D eigenvalue weighted by atomic mass is 35.5. The minimum Gasteiger partial charge on any atom is -0.393 e. The fourth-order valence-electron chi connectivity index (χ4n) is 1.64. The van der Waals surface area contributed by atoms with Gasteiger partial charge in [0.25, 0.3) is 0 Å². The molecule has 0 radical (unpaired) electrons. The Morgan fingerprint density at radius 1 is 1.25 bits per heavy atom. The minimum absolute atomic E-state index is 0.0875. The number of rotatable bonds is 6. The van der Waals surface area contributed by atoms with E-state index in [1.807, 2.05) is 20.8 Å². The molecule has 0 aliphatic carbocycles. The molecule has 0 saturated carbocycles. The third-order valence-corrected chi connectivity index (χ3v) is 4.62. The van der Waals surface area contributed by atoms with Crippen LogP contribution in [-0.4, -0.2) is 26.2 Å². The Kier molecular flexibility index (Phi) is 6.01. The molecule has 1 aromatic rings. The van der Waals surface area contributed by atoms with Crippen molar-refractivity contribution in [1.29, 1.82) is 0 Å². The number of aliphatic hydroxyl groups excluding tert-OH is 1. The Labute approximate surface area is 126 Å². The van der Waals surface area contributed by atoms with Gasteiger partial charge in [0.05, 0.1) is 11.9 Å². The van der Waals surface area contributed by atoms with Crippen LogP contribution in [0.3, 0.4) is 0 Å². The van der Waals surface area contributed by atoms with Crippen LogP contribution in [0.15, 0.2) is 24.3 Å². The summed E-state index contributed by atoms with van der Waals surface area (Å²) >= 11 is 5.75. The van der Waals surface area contributed by atoms with Crippen LogP contribution in [0.5, 0.6) is 0 Å². The van der Waals surface area contributed by atoms with Crippen molar-refractivity contribution in [3.05, 3.63) is 34.9 Å². The molecule has 1 aromatic carbocycles. The number of hydrogen-bond donors (Lipinski definition) is 2. The maximum Gasteiger partial charge on any atom is 0.215 e. The zero-order chi connectivity index (χ0) is 15.4. The average molecular weight is 320 g/mol. The maximum absolute atomic E-state index is 11.9. The topological polar surface area (TPSA) is 66.4 Å². The Hall–Kier alpha value is -0.620. The number of halogens is 1. The number of benzene rings is 1. The van der Waals surface area contributed by atoms with E-state index in [4.69, 9.17) is 11.6 Å². The molecule has 0 spiro atoms. The van der Waals surface area contributed by atoms with Crippen LogP contribution in [0.25, 0.3) is 0 Å². The predicted octanol–water partition coefficient (Wildman–Crippen LogP) is 2.56. The van der Waals surface area contributed by atoms with E-state index >= 15 is 0 Å². The molecule has 0 aliphatic rings. The summed E-state index contributed by atoms with van der Waals surface area (Å²) < 4.78 is 26.3. The van der Waals surface area contributed by atoms with E-state index in [0.717, 1.165) is 0 Å². The van der Waals surface area contributed by atoms with Gasteiger partial charge in [-0.3, -0.25) is 0 Å². The molecule has 4 nitrogen and oxygen atoms in total. The molecular weight excluding hydrogens is 298 g/mol. The lowest BCUT2D eigenvalue weighted by atomic mass is 9.87. The largest absolute Gasteiger partial charge is 0.393 e. The summed E-state index contributed by atoms with van der Waals surface area (Å²) in [6.07, 6.45) is -0.149. The van der Waals surface area contributed by atoms with Crippen molar-refractivity contribution in [3.63, 3.8) is 0 Å². The number of aliphatic hydroxyl groups is 1. The lowest BCUT2D eigenvalue weighted by molar-refractivity contribution is 0.0571. The van der Waals surface area contributed by atoms with Crippen LogP contribution in [0.2, 0.25) is 5.02 Å². The SMILES string of the molecule is CC(C)(C)C(O)CCNS(=O)(=O)Cc1ccc(Cl)cc1. The first kappa shape index (κ1) is 17.4. The van der Waals surface area contributed by atoms with Gasteiger partial charge in [-0.25, -0.2) is 13.1 Å². The van der Waals surface area contributed by atoms with E-state index in [9.17, 15) is 13.5 Å². The van der Waals surface area contributed by atoms with Crippen molar-refractivity contribution < 1.29 is 13.5 Å². The van der Waals surface area contributed by atoms with Gasteiger partial charge in [-0.2, -0.15) is 0 Å². The Balaban J connectivity index is 2.48. The Bertz CT molecular complexity index is 520. The maximum atomic E-state index is 11.9. The highest BCUT2D eigenvalue weighted by molar-refractivity contribution is 7.88. The lowest BCUT2D eigenvalue weighted by Crippen LogP contribution is -2.33. The van der Waals surface area contributed by atoms with Crippen LogP contribution in [0.4, 0.5) is 0 Å². The summed E-state index contributed by atoms with van der Waals surface area (Å²) in [4.78, 5) is 0. The number of nitrogens with one attached hydrogen (secondary N) is 1. The first-order valence-corrected chi connectivity index (χ1v) is 8.53. The van der Waals surface area contributed by atoms with Crippen LogP contribution < -0.4 is 4.72 Å². The number of sulfonamides is 1. The van der Waals surface area contributed by atoms with Crippen LogP contribution in [0.1, 0.15) is 32.8 Å². The van der Waals surface area contributed by atoms with Gasteiger partial charge in [0.15, 0.2) is 0 Å². The van der Waals surface area contributed by atoms with E-state index in [1.54, 1.807) is 24.3 Å². The second kappa shape index (κ2) is 6.89. The van der Waals surface area contributed by atoms with Gasteiger partial charge in [-0.1, -0.05) is 44.5 Å². The van der Waals surface area contributed by atoms with Gasteiger partial charge >= 0.3 is 0 Å². The fourth-order valence-corrected chi connectivity index (χ4v) is 2.92. The van der Waals surface area contributed by atoms with Gasteiger partial charge in [-0.05, 0) is 29.5 Å². The van der Waals surface area contributed by atoms with E-state index in [1.165, 1.54) is 0 Å². The van der Waals surface area contributed by atoms with Crippen LogP contribution >= 0.6 is 11.6 Å². The summed E-state index contributed by atoms with van der Waals surface area (Å²) in [6, 6.07) is 6.70. The Morgan fingerprint density at radius 3 is 2.30 bits per heavy atom. The molecule has 114 valence electrons. The van der Waals surface area contributed by atoms with Gasteiger partial charge in [0.1, 0.15) is 0 Å². The van der Waals surface area contributed by atoms with Gasteiger partial charge in [0.2, 0.25) is 10.0 Å². The molecule has 1 unspecified atom stereocenters. The second-order valence-corrected chi connectivity index (χ2v) is 8.19. The summed E-state index contributed by atoms with van der Waals surface area (Å²) in [6.45, 7) is 5.98. The minimum atomic E-state index is -3.39. The van der Waals surface area contributed by atoms with E-state index < -0.39 is 16.1 Å². The highest BCUT2D eigenvalue weighted by Crippen LogP contribution is 2.21. The van der Waals surface area contributed by atoms with Crippen molar-refractivity contribution in [2.75, 3.05) is 6.54 Å². The third kappa shape index (κ3) is 6.22. The molecular formula is C14H22ClNO3S. The zero-order valence-corrected chi connectivity index (χ0v) is 13.6. The molecule has 0 aromatic heterocycles. The average Bonchev–Trinajstić information content (AvgIpc) is 2.30. The molecule has 0 fully saturated rings. The first-order valence-electron chi connectivity index (χ1n) is 6.50. The monoisotopic (exact) mass is 319 g/mol. The third-order valence-electron chi connectivity index (χ3n) is 3.01. The molecule has 0 heterocycles. The predicted molar refractivity (Wildman–Crippen MR) is 82.2 cm³/mol. The molecule has 20 heavy (non-hydrogen) atoms. The van der Waals surface area contributed by atoms with E-state index in [-0.39, 0.29) is 17.7 Å². The summed E-state index contributed by atoms with van der Waals surface area (Å²) in [5.74, 6) is -0.0875. The summed E-state index contributed by atoms with van der Waals surface area (Å²) in [7, 11) is -3.39. The summed E-state index contributed by atoms with van der Waals surface area (Å²) in [5, 5.41) is 10.4. The van der Waals surface area contributed by atoms with Gasteiger partial charge in [-0.15, -0.1) is 0 Å². The molecule has 0 saturated heterocycles. The van der Waals surface area contributed by atoms with Crippen LogP contribution in [0, 0.1) is 5.41 Å². The standard InChI is InChI=1S/C14H22ClNO3S/c1-14(2,3)13(17)8-9-16-20(18,19)10-11-4-6-12(15)7-5-11/h4-7,13,16-17H,8-10H2,1-3H3. The first-order chi connectivity index (χ1) is 9.10. The second-order valence-electron chi connectivity index (χ2n) is 5.95. The van der Waals surface area contributed by atoms with Gasteiger partial charge in [0, 0.05) is 11.6 Å². The molecule has 2 N–H and O–H groups in total. The van der Waals surface area contributed by atoms with Crippen LogP contribution in [-0.2, 0) is 15.8 Å². The zero-order valence-electron chi connectivity index (χ0n) is 12.1. The number of hydrogen-bond acceptors (Lipinski definition) is 3. The Morgan fingerprint density at radius 2 is 1.80 bits per heavy atom. The van der Waals surface area contributed by atoms with Crippen molar-refractivity contribution in [2.45, 2.75) is 39.0 Å². The molecule has 1 atom stereocenters. The van der Waals surface area contributed by atoms with Crippen molar-refractivity contribution in [1.82, 2.24) is 4.72 Å². The molecule has 0 bridgehead atoms. The summed E-state index contributed by atoms with van der Waals surface area (Å²) in [5.41, 5.74) is 0.431. The highest BCUT2D eigenvalue weighted by Gasteiger charge is 2.22. The van der Waals surface area contributed by atoms with E-state index in [0.29, 0.717) is 17.0 Å². The van der Waals surface area contributed by atoms with E-state index in [2.05, 4.69) is 4.72 Å². The lowest BCUT2D eigenvalue weighted by Gasteiger charge is -2.25. The normalized spacial score (nSPS) is 14.2. The smallest absolute Gasteiger partial charge is 0.215 e. The molecule has 1 rings (SSSR count). The molecule has 0 amide bonds. The van der Waals surface area contributed by atoms with Crippen molar-refractivity contribution in [2.24, 2.45) is 5.41 Å². The van der Waals surface area contributed by atoms with Crippen molar-refractivity contribution >= 4 is 21.6 Å². The molecule has 6 heteroatoms. The van der Waals surface area contributed by atoms with Crippen molar-refractivity contribution in [3.8, 4) is 0 Å². The molecule has 0 aliphatic heterocycles. The quantitative estimate of drug-likeness (QED) is 0.847. The fraction of sp³-hybridized carbons (Fsp3) is 0.571. The van der Waals surface area contributed by atoms with Gasteiger partial charge < -0.3 is 5.11 Å².